The molecule has 0 bridgehead atoms. The maximum Gasteiger partial charge on any atom is 0.140 e. The number of halogens is 1. The Morgan fingerprint density at radius 3 is 2.94 bits per heavy atom. The van der Waals surface area contributed by atoms with E-state index < -0.39 is 0 Å². The van der Waals surface area contributed by atoms with Gasteiger partial charge in [-0.2, -0.15) is 0 Å². The fourth-order valence-corrected chi connectivity index (χ4v) is 3.51. The highest BCUT2D eigenvalue weighted by atomic mass is 79.9. The monoisotopic (exact) mass is 331 g/mol. The number of rotatable bonds is 6. The molecule has 100 valence electrons. The molecule has 0 amide bonds. The van der Waals surface area contributed by atoms with E-state index in [1.165, 1.54) is 0 Å². The van der Waals surface area contributed by atoms with Crippen molar-refractivity contribution in [2.24, 2.45) is 0 Å². The van der Waals surface area contributed by atoms with Gasteiger partial charge in [0, 0.05) is 27.6 Å². The van der Waals surface area contributed by atoms with E-state index in [0.717, 1.165) is 35.3 Å². The molecular weight excluding hydrogens is 314 g/mol. The molecule has 3 nitrogen and oxygen atoms in total. The fraction of sp³-hybridized carbons (Fsp3) is 0.615. The lowest BCUT2D eigenvalue weighted by Crippen LogP contribution is -2.32. The molecule has 0 unspecified atom stereocenters. The van der Waals surface area contributed by atoms with Crippen LogP contribution in [0.1, 0.15) is 24.1 Å². The van der Waals surface area contributed by atoms with Gasteiger partial charge >= 0.3 is 0 Å². The Morgan fingerprint density at radius 1 is 1.50 bits per heavy atom. The van der Waals surface area contributed by atoms with Crippen molar-refractivity contribution in [2.75, 3.05) is 19.7 Å². The van der Waals surface area contributed by atoms with Crippen LogP contribution in [0.25, 0.3) is 0 Å². The van der Waals surface area contributed by atoms with Crippen LogP contribution in [0.5, 0.6) is 0 Å². The van der Waals surface area contributed by atoms with E-state index in [-0.39, 0.29) is 5.78 Å². The van der Waals surface area contributed by atoms with Crippen LogP contribution < -0.4 is 5.32 Å². The maximum atomic E-state index is 11.8. The molecule has 1 N–H and O–H groups in total. The standard InChI is InChI=1S/C13H18BrNO2S/c14-10-7-13(18-9-10)8-11(16)3-6-17-12-1-4-15-5-2-12/h7,9,12,15H,1-6,8H2. The normalized spacial score (nSPS) is 16.9. The molecule has 18 heavy (non-hydrogen) atoms. The zero-order chi connectivity index (χ0) is 12.8. The summed E-state index contributed by atoms with van der Waals surface area (Å²) in [5, 5.41) is 5.31. The second-order valence-electron chi connectivity index (χ2n) is 4.52. The average molecular weight is 332 g/mol. The molecule has 0 atom stereocenters. The zero-order valence-electron chi connectivity index (χ0n) is 10.3. The third-order valence-electron chi connectivity index (χ3n) is 3.01. The summed E-state index contributed by atoms with van der Waals surface area (Å²) in [6.45, 7) is 2.62. The first-order valence-electron chi connectivity index (χ1n) is 6.31. The average Bonchev–Trinajstić information content (AvgIpc) is 2.76. The molecule has 0 radical (unpaired) electrons. The number of hydrogen-bond donors (Lipinski definition) is 1. The number of carbonyl (C=O) groups excluding carboxylic acids is 1. The zero-order valence-corrected chi connectivity index (χ0v) is 12.7. The molecule has 2 heterocycles. The van der Waals surface area contributed by atoms with E-state index in [0.29, 0.717) is 25.6 Å². The van der Waals surface area contributed by atoms with E-state index in [9.17, 15) is 4.79 Å². The molecule has 1 aliphatic rings. The first-order valence-corrected chi connectivity index (χ1v) is 7.98. The van der Waals surface area contributed by atoms with Crippen molar-refractivity contribution in [1.82, 2.24) is 5.32 Å². The number of hydrogen-bond acceptors (Lipinski definition) is 4. The summed E-state index contributed by atoms with van der Waals surface area (Å²) in [6, 6.07) is 2.01. The number of ketones is 1. The Balaban J connectivity index is 1.62. The van der Waals surface area contributed by atoms with Gasteiger partial charge in [0.1, 0.15) is 5.78 Å². The molecule has 2 rings (SSSR count). The molecule has 0 spiro atoms. The van der Waals surface area contributed by atoms with Crippen LogP contribution in [-0.4, -0.2) is 31.6 Å². The van der Waals surface area contributed by atoms with E-state index in [2.05, 4.69) is 21.2 Å². The van der Waals surface area contributed by atoms with Crippen LogP contribution >= 0.6 is 27.3 Å². The van der Waals surface area contributed by atoms with Gasteiger partial charge in [-0.1, -0.05) is 0 Å². The van der Waals surface area contributed by atoms with Gasteiger partial charge in [0.05, 0.1) is 12.7 Å². The topological polar surface area (TPSA) is 38.3 Å². The number of Topliss-reactive ketones (excluding diaryl/α,β-unsaturated/α-hetero) is 1. The molecule has 5 heteroatoms. The van der Waals surface area contributed by atoms with Gasteiger partial charge in [0.25, 0.3) is 0 Å². The van der Waals surface area contributed by atoms with Crippen molar-refractivity contribution in [3.63, 3.8) is 0 Å². The minimum atomic E-state index is 0.262. The number of piperidine rings is 1. The predicted molar refractivity (Wildman–Crippen MR) is 77.2 cm³/mol. The van der Waals surface area contributed by atoms with Gasteiger partial charge in [-0.3, -0.25) is 4.79 Å². The third kappa shape index (κ3) is 4.80. The highest BCUT2D eigenvalue weighted by Gasteiger charge is 2.13. The SMILES string of the molecule is O=C(CCOC1CCNCC1)Cc1cc(Br)cs1. The summed E-state index contributed by atoms with van der Waals surface area (Å²) in [5.74, 6) is 0.262. The van der Waals surface area contributed by atoms with Gasteiger partial charge in [0.15, 0.2) is 0 Å². The van der Waals surface area contributed by atoms with Crippen molar-refractivity contribution in [3.05, 3.63) is 20.8 Å². The third-order valence-corrected chi connectivity index (χ3v) is 4.71. The molecule has 1 saturated heterocycles. The minimum absolute atomic E-state index is 0.262. The Morgan fingerprint density at radius 2 is 2.28 bits per heavy atom. The van der Waals surface area contributed by atoms with Crippen LogP contribution in [0.3, 0.4) is 0 Å². The summed E-state index contributed by atoms with van der Waals surface area (Å²) in [5.41, 5.74) is 0. The molecule has 0 aliphatic carbocycles. The van der Waals surface area contributed by atoms with Crippen LogP contribution in [0.2, 0.25) is 0 Å². The van der Waals surface area contributed by atoms with Crippen molar-refractivity contribution in [3.8, 4) is 0 Å². The summed E-state index contributed by atoms with van der Waals surface area (Å²) < 4.78 is 6.79. The lowest BCUT2D eigenvalue weighted by Gasteiger charge is -2.22. The van der Waals surface area contributed by atoms with E-state index in [4.69, 9.17) is 4.74 Å². The van der Waals surface area contributed by atoms with Gasteiger partial charge in [-0.15, -0.1) is 11.3 Å². The van der Waals surface area contributed by atoms with Gasteiger partial charge < -0.3 is 10.1 Å². The fourth-order valence-electron chi connectivity index (χ4n) is 2.03. The lowest BCUT2D eigenvalue weighted by atomic mass is 10.1. The Kier molecular flexibility index (Phi) is 5.82. The largest absolute Gasteiger partial charge is 0.378 e. The highest BCUT2D eigenvalue weighted by Crippen LogP contribution is 2.20. The van der Waals surface area contributed by atoms with Gasteiger partial charge in [-0.05, 0) is 47.9 Å². The Hall–Kier alpha value is -0.230. The second kappa shape index (κ2) is 7.38. The minimum Gasteiger partial charge on any atom is -0.378 e. The maximum absolute atomic E-state index is 11.8. The first kappa shape index (κ1) is 14.2. The number of carbonyl (C=O) groups is 1. The summed E-state index contributed by atoms with van der Waals surface area (Å²) in [4.78, 5) is 12.9. The molecular formula is C13H18BrNO2S. The van der Waals surface area contributed by atoms with Crippen molar-refractivity contribution >= 4 is 33.0 Å². The van der Waals surface area contributed by atoms with Crippen LogP contribution in [0.4, 0.5) is 0 Å². The number of ether oxygens (including phenoxy) is 1. The van der Waals surface area contributed by atoms with E-state index in [1.54, 1.807) is 11.3 Å². The Labute approximate surface area is 120 Å². The number of nitrogens with one attached hydrogen (secondary N) is 1. The van der Waals surface area contributed by atoms with Gasteiger partial charge in [0.2, 0.25) is 0 Å². The van der Waals surface area contributed by atoms with Crippen LogP contribution in [0, 0.1) is 0 Å². The lowest BCUT2D eigenvalue weighted by molar-refractivity contribution is -0.120. The second-order valence-corrected chi connectivity index (χ2v) is 6.43. The Bertz CT molecular complexity index is 388. The van der Waals surface area contributed by atoms with E-state index in [1.807, 2.05) is 11.4 Å². The molecule has 1 aliphatic heterocycles. The van der Waals surface area contributed by atoms with Crippen molar-refractivity contribution in [1.29, 1.82) is 0 Å². The van der Waals surface area contributed by atoms with Crippen molar-refractivity contribution in [2.45, 2.75) is 31.8 Å². The molecule has 1 aromatic heterocycles. The van der Waals surface area contributed by atoms with Gasteiger partial charge in [-0.25, -0.2) is 0 Å². The first-order chi connectivity index (χ1) is 8.74. The predicted octanol–water partition coefficient (Wildman–Crippen LogP) is 2.78. The molecule has 0 aromatic carbocycles. The molecule has 1 aromatic rings. The summed E-state index contributed by atoms with van der Waals surface area (Å²) in [6.07, 6.45) is 3.53. The smallest absolute Gasteiger partial charge is 0.140 e. The highest BCUT2D eigenvalue weighted by molar-refractivity contribution is 9.10. The van der Waals surface area contributed by atoms with E-state index >= 15 is 0 Å². The summed E-state index contributed by atoms with van der Waals surface area (Å²) in [7, 11) is 0. The molecule has 1 fully saturated rings. The van der Waals surface area contributed by atoms with Crippen LogP contribution in [0.15, 0.2) is 15.9 Å². The molecule has 0 saturated carbocycles. The summed E-state index contributed by atoms with van der Waals surface area (Å²) >= 11 is 5.02. The van der Waals surface area contributed by atoms with Crippen LogP contribution in [-0.2, 0) is 16.0 Å². The quantitative estimate of drug-likeness (QED) is 0.871. The number of thiophene rings is 1. The van der Waals surface area contributed by atoms with Crippen molar-refractivity contribution < 1.29 is 9.53 Å².